The zero-order valence-corrected chi connectivity index (χ0v) is 7.02. The van der Waals surface area contributed by atoms with Crippen LogP contribution in [0, 0.1) is 6.92 Å². The van der Waals surface area contributed by atoms with Gasteiger partial charge in [0.15, 0.2) is 4.73 Å². The van der Waals surface area contributed by atoms with Gasteiger partial charge in [0.2, 0.25) is 0 Å². The fraction of sp³-hybridized carbons (Fsp3) is 0.333. The van der Waals surface area contributed by atoms with E-state index < -0.39 is 6.67 Å². The number of aryl methyl sites for hydroxylation is 1. The van der Waals surface area contributed by atoms with E-state index in [9.17, 15) is 4.39 Å². The second-order valence-corrected chi connectivity index (χ2v) is 2.59. The van der Waals surface area contributed by atoms with Crippen molar-refractivity contribution in [2.45, 2.75) is 13.6 Å². The maximum Gasteiger partial charge on any atom is 0.196 e. The van der Waals surface area contributed by atoms with Crippen molar-refractivity contribution in [2.24, 2.45) is 0 Å². The summed E-state index contributed by atoms with van der Waals surface area (Å²) in [5.41, 5.74) is 1.23. The van der Waals surface area contributed by atoms with Gasteiger partial charge < -0.3 is 0 Å². The molecule has 0 unspecified atom stereocenters. The van der Waals surface area contributed by atoms with Gasteiger partial charge in [-0.25, -0.2) is 14.4 Å². The van der Waals surface area contributed by atoms with Crippen molar-refractivity contribution < 1.29 is 4.39 Å². The molecular formula is C6H6BrFN2. The summed E-state index contributed by atoms with van der Waals surface area (Å²) in [6, 6.07) is 0. The van der Waals surface area contributed by atoms with E-state index in [1.165, 1.54) is 6.20 Å². The zero-order chi connectivity index (χ0) is 7.56. The van der Waals surface area contributed by atoms with Crippen LogP contribution < -0.4 is 0 Å². The summed E-state index contributed by atoms with van der Waals surface area (Å²) in [4.78, 5) is 7.69. The molecule has 0 aromatic carbocycles. The topological polar surface area (TPSA) is 25.8 Å². The molecule has 0 radical (unpaired) electrons. The lowest BCUT2D eigenvalue weighted by molar-refractivity contribution is 0.480. The molecule has 0 atom stereocenters. The summed E-state index contributed by atoms with van der Waals surface area (Å²) in [7, 11) is 0. The highest BCUT2D eigenvalue weighted by Crippen LogP contribution is 2.08. The molecule has 10 heavy (non-hydrogen) atoms. The normalized spacial score (nSPS) is 9.90. The van der Waals surface area contributed by atoms with Crippen LogP contribution in [-0.2, 0) is 6.67 Å². The largest absolute Gasteiger partial charge is 0.246 e. The average Bonchev–Trinajstić information content (AvgIpc) is 1.88. The van der Waals surface area contributed by atoms with Crippen molar-refractivity contribution in [1.82, 2.24) is 9.97 Å². The second kappa shape index (κ2) is 3.05. The third-order valence-corrected chi connectivity index (χ3v) is 1.58. The van der Waals surface area contributed by atoms with E-state index in [1.54, 1.807) is 6.92 Å². The third kappa shape index (κ3) is 1.50. The SMILES string of the molecule is Cc1nc(Br)ncc1CF. The Hall–Kier alpha value is -0.510. The standard InChI is InChI=1S/C6H6BrFN2/c1-4-5(2-8)3-9-6(7)10-4/h3H,2H2,1H3. The number of hydrogen-bond acceptors (Lipinski definition) is 2. The zero-order valence-electron chi connectivity index (χ0n) is 5.43. The summed E-state index contributed by atoms with van der Waals surface area (Å²) in [5.74, 6) is 0. The van der Waals surface area contributed by atoms with Crippen LogP contribution >= 0.6 is 15.9 Å². The molecule has 54 valence electrons. The van der Waals surface area contributed by atoms with E-state index in [4.69, 9.17) is 0 Å². The van der Waals surface area contributed by atoms with Crippen molar-refractivity contribution in [3.8, 4) is 0 Å². The fourth-order valence-electron chi connectivity index (χ4n) is 0.595. The second-order valence-electron chi connectivity index (χ2n) is 1.88. The van der Waals surface area contributed by atoms with Crippen LogP contribution in [0.15, 0.2) is 10.9 Å². The molecule has 0 aliphatic rings. The highest BCUT2D eigenvalue weighted by Gasteiger charge is 1.99. The Bertz CT molecular complexity index is 239. The number of hydrogen-bond donors (Lipinski definition) is 0. The number of halogens is 2. The monoisotopic (exact) mass is 204 g/mol. The predicted octanol–water partition coefficient (Wildman–Crippen LogP) is 2.02. The minimum Gasteiger partial charge on any atom is -0.246 e. The first-order valence-electron chi connectivity index (χ1n) is 2.78. The lowest BCUT2D eigenvalue weighted by atomic mass is 10.3. The Morgan fingerprint density at radius 3 is 2.90 bits per heavy atom. The average molecular weight is 205 g/mol. The van der Waals surface area contributed by atoms with Crippen LogP contribution in [0.25, 0.3) is 0 Å². The van der Waals surface area contributed by atoms with Crippen molar-refractivity contribution in [3.05, 3.63) is 22.2 Å². The van der Waals surface area contributed by atoms with Crippen LogP contribution in [0.1, 0.15) is 11.3 Å². The molecule has 2 nitrogen and oxygen atoms in total. The predicted molar refractivity (Wildman–Crippen MR) is 39.3 cm³/mol. The Morgan fingerprint density at radius 1 is 1.70 bits per heavy atom. The Kier molecular flexibility index (Phi) is 2.32. The first-order chi connectivity index (χ1) is 4.74. The third-order valence-electron chi connectivity index (χ3n) is 1.20. The van der Waals surface area contributed by atoms with E-state index >= 15 is 0 Å². The highest BCUT2D eigenvalue weighted by molar-refractivity contribution is 9.10. The minimum absolute atomic E-state index is 0.501. The smallest absolute Gasteiger partial charge is 0.196 e. The number of alkyl halides is 1. The molecule has 1 aromatic rings. The maximum atomic E-state index is 12.0. The molecule has 0 N–H and O–H groups in total. The van der Waals surface area contributed by atoms with Crippen LogP contribution in [0.2, 0.25) is 0 Å². The molecule has 0 saturated heterocycles. The Labute approximate surface area is 66.6 Å². The van der Waals surface area contributed by atoms with Crippen LogP contribution in [0.4, 0.5) is 4.39 Å². The summed E-state index contributed by atoms with van der Waals surface area (Å²) in [6.07, 6.45) is 1.48. The van der Waals surface area contributed by atoms with E-state index in [2.05, 4.69) is 25.9 Å². The van der Waals surface area contributed by atoms with Crippen molar-refractivity contribution >= 4 is 15.9 Å². The van der Waals surface area contributed by atoms with Crippen LogP contribution in [0.5, 0.6) is 0 Å². The first-order valence-corrected chi connectivity index (χ1v) is 3.57. The summed E-state index contributed by atoms with van der Waals surface area (Å²) < 4.78 is 12.5. The van der Waals surface area contributed by atoms with Gasteiger partial charge in [-0.15, -0.1) is 0 Å². The van der Waals surface area contributed by atoms with Crippen molar-refractivity contribution in [1.29, 1.82) is 0 Å². The summed E-state index contributed by atoms with van der Waals surface area (Å²) >= 11 is 3.08. The number of aromatic nitrogens is 2. The Morgan fingerprint density at radius 2 is 2.40 bits per heavy atom. The van der Waals surface area contributed by atoms with Gasteiger partial charge in [-0.05, 0) is 22.9 Å². The first kappa shape index (κ1) is 7.60. The van der Waals surface area contributed by atoms with Gasteiger partial charge in [0.25, 0.3) is 0 Å². The molecule has 0 bridgehead atoms. The van der Waals surface area contributed by atoms with E-state index in [-0.39, 0.29) is 0 Å². The summed E-state index contributed by atoms with van der Waals surface area (Å²) in [5, 5.41) is 0. The molecule has 0 saturated carbocycles. The Balaban J connectivity index is 3.07. The van der Waals surface area contributed by atoms with Gasteiger partial charge in [0.05, 0.1) is 0 Å². The fourth-order valence-corrected chi connectivity index (χ4v) is 0.963. The highest BCUT2D eigenvalue weighted by atomic mass is 79.9. The molecule has 0 aliphatic carbocycles. The van der Waals surface area contributed by atoms with E-state index in [0.717, 1.165) is 0 Å². The van der Waals surface area contributed by atoms with E-state index in [1.807, 2.05) is 0 Å². The molecule has 1 rings (SSSR count). The van der Waals surface area contributed by atoms with Crippen LogP contribution in [0.3, 0.4) is 0 Å². The number of nitrogens with zero attached hydrogens (tertiary/aromatic N) is 2. The number of rotatable bonds is 1. The van der Waals surface area contributed by atoms with Gasteiger partial charge >= 0.3 is 0 Å². The summed E-state index contributed by atoms with van der Waals surface area (Å²) in [6.45, 7) is 1.25. The van der Waals surface area contributed by atoms with Gasteiger partial charge in [-0.3, -0.25) is 0 Å². The lowest BCUT2D eigenvalue weighted by Gasteiger charge is -1.97. The van der Waals surface area contributed by atoms with Crippen LogP contribution in [-0.4, -0.2) is 9.97 Å². The van der Waals surface area contributed by atoms with Crippen molar-refractivity contribution in [3.63, 3.8) is 0 Å². The molecule has 0 aliphatic heterocycles. The van der Waals surface area contributed by atoms with Gasteiger partial charge in [0, 0.05) is 17.5 Å². The van der Waals surface area contributed by atoms with Crippen molar-refractivity contribution in [2.75, 3.05) is 0 Å². The minimum atomic E-state index is -0.501. The van der Waals surface area contributed by atoms with Gasteiger partial charge in [-0.1, -0.05) is 0 Å². The molecular weight excluding hydrogens is 199 g/mol. The van der Waals surface area contributed by atoms with Gasteiger partial charge in [-0.2, -0.15) is 0 Å². The molecule has 0 fully saturated rings. The molecule has 1 heterocycles. The quantitative estimate of drug-likeness (QED) is 0.655. The molecule has 1 aromatic heterocycles. The molecule has 0 spiro atoms. The lowest BCUT2D eigenvalue weighted by Crippen LogP contribution is -1.92. The molecule has 4 heteroatoms. The van der Waals surface area contributed by atoms with E-state index in [0.29, 0.717) is 16.0 Å². The maximum absolute atomic E-state index is 12.0. The van der Waals surface area contributed by atoms with Gasteiger partial charge in [0.1, 0.15) is 6.67 Å². The molecule has 0 amide bonds.